The molecular formula is C12H22F3NO2. The Morgan fingerprint density at radius 2 is 2.22 bits per heavy atom. The molecule has 108 valence electrons. The third-order valence-corrected chi connectivity index (χ3v) is 3.02. The molecule has 1 rings (SSSR count). The second kappa shape index (κ2) is 7.96. The maximum Gasteiger partial charge on any atom is 0.391 e. The Morgan fingerprint density at radius 1 is 1.44 bits per heavy atom. The van der Waals surface area contributed by atoms with Gasteiger partial charge in [0.15, 0.2) is 0 Å². The maximum atomic E-state index is 12.0. The molecule has 0 aromatic heterocycles. The first-order chi connectivity index (χ1) is 8.53. The molecule has 0 amide bonds. The molecular weight excluding hydrogens is 247 g/mol. The molecule has 2 atom stereocenters. The van der Waals surface area contributed by atoms with Crippen molar-refractivity contribution < 1.29 is 22.6 Å². The molecule has 18 heavy (non-hydrogen) atoms. The van der Waals surface area contributed by atoms with Gasteiger partial charge in [-0.15, -0.1) is 0 Å². The van der Waals surface area contributed by atoms with Crippen molar-refractivity contribution in [1.82, 2.24) is 5.32 Å². The van der Waals surface area contributed by atoms with E-state index in [1.54, 1.807) is 0 Å². The molecule has 3 nitrogen and oxygen atoms in total. The van der Waals surface area contributed by atoms with Crippen LogP contribution in [0.3, 0.4) is 0 Å². The molecule has 1 heterocycles. The van der Waals surface area contributed by atoms with E-state index in [2.05, 4.69) is 12.2 Å². The van der Waals surface area contributed by atoms with E-state index in [0.29, 0.717) is 19.1 Å². The highest BCUT2D eigenvalue weighted by molar-refractivity contribution is 4.79. The van der Waals surface area contributed by atoms with Gasteiger partial charge in [-0.05, 0) is 19.4 Å². The van der Waals surface area contributed by atoms with Gasteiger partial charge < -0.3 is 14.8 Å². The molecule has 0 spiro atoms. The first-order valence-electron chi connectivity index (χ1n) is 6.48. The SMILES string of the molecule is CCCNC(COCCC(F)(F)F)C1CCOC1. The highest BCUT2D eigenvalue weighted by Gasteiger charge is 2.28. The van der Waals surface area contributed by atoms with Crippen molar-refractivity contribution in [3.8, 4) is 0 Å². The van der Waals surface area contributed by atoms with Gasteiger partial charge in [0.1, 0.15) is 0 Å². The molecule has 1 aliphatic rings. The fourth-order valence-electron chi connectivity index (χ4n) is 1.96. The second-order valence-corrected chi connectivity index (χ2v) is 4.62. The normalized spacial score (nSPS) is 22.3. The monoisotopic (exact) mass is 269 g/mol. The average molecular weight is 269 g/mol. The topological polar surface area (TPSA) is 30.5 Å². The summed E-state index contributed by atoms with van der Waals surface area (Å²) in [6.45, 7) is 4.37. The molecule has 1 fully saturated rings. The summed E-state index contributed by atoms with van der Waals surface area (Å²) in [6.07, 6.45) is -3.08. The third kappa shape index (κ3) is 6.56. The fraction of sp³-hybridized carbons (Fsp3) is 1.00. The zero-order valence-corrected chi connectivity index (χ0v) is 10.8. The van der Waals surface area contributed by atoms with Crippen LogP contribution in [-0.4, -0.2) is 45.2 Å². The summed E-state index contributed by atoms with van der Waals surface area (Å²) in [5.41, 5.74) is 0. The van der Waals surface area contributed by atoms with Crippen LogP contribution in [-0.2, 0) is 9.47 Å². The summed E-state index contributed by atoms with van der Waals surface area (Å²) in [7, 11) is 0. The molecule has 1 N–H and O–H groups in total. The Balaban J connectivity index is 2.23. The minimum atomic E-state index is -4.14. The van der Waals surface area contributed by atoms with Crippen molar-refractivity contribution in [2.45, 2.75) is 38.4 Å². The van der Waals surface area contributed by atoms with Gasteiger partial charge >= 0.3 is 6.18 Å². The van der Waals surface area contributed by atoms with E-state index < -0.39 is 12.6 Å². The predicted molar refractivity (Wildman–Crippen MR) is 62.5 cm³/mol. The summed E-state index contributed by atoms with van der Waals surface area (Å²) in [5, 5.41) is 3.32. The molecule has 0 saturated carbocycles. The van der Waals surface area contributed by atoms with Crippen LogP contribution in [0.25, 0.3) is 0 Å². The molecule has 1 aliphatic heterocycles. The zero-order chi connectivity index (χ0) is 13.4. The van der Waals surface area contributed by atoms with Crippen LogP contribution in [0.1, 0.15) is 26.2 Å². The third-order valence-electron chi connectivity index (χ3n) is 3.02. The lowest BCUT2D eigenvalue weighted by molar-refractivity contribution is -0.145. The summed E-state index contributed by atoms with van der Waals surface area (Å²) in [4.78, 5) is 0. The van der Waals surface area contributed by atoms with Crippen LogP contribution in [0.5, 0.6) is 0 Å². The minimum Gasteiger partial charge on any atom is -0.381 e. The zero-order valence-electron chi connectivity index (χ0n) is 10.8. The smallest absolute Gasteiger partial charge is 0.381 e. The predicted octanol–water partition coefficient (Wildman–Crippen LogP) is 2.36. The lowest BCUT2D eigenvalue weighted by Gasteiger charge is -2.23. The number of alkyl halides is 3. The van der Waals surface area contributed by atoms with Gasteiger partial charge in [-0.1, -0.05) is 6.92 Å². The highest BCUT2D eigenvalue weighted by Crippen LogP contribution is 2.20. The number of hydrogen-bond acceptors (Lipinski definition) is 3. The summed E-state index contributed by atoms with van der Waals surface area (Å²) in [6, 6.07) is 0.0979. The lowest BCUT2D eigenvalue weighted by Crippen LogP contribution is -2.41. The number of halogens is 3. The van der Waals surface area contributed by atoms with Gasteiger partial charge in [-0.25, -0.2) is 0 Å². The Kier molecular flexibility index (Phi) is 6.96. The quantitative estimate of drug-likeness (QED) is 0.686. The summed E-state index contributed by atoms with van der Waals surface area (Å²) < 4.78 is 46.4. The first kappa shape index (κ1) is 15.7. The highest BCUT2D eigenvalue weighted by atomic mass is 19.4. The van der Waals surface area contributed by atoms with E-state index in [9.17, 15) is 13.2 Å². The van der Waals surface area contributed by atoms with E-state index in [1.807, 2.05) is 0 Å². The fourth-order valence-corrected chi connectivity index (χ4v) is 1.96. The summed E-state index contributed by atoms with van der Waals surface area (Å²) >= 11 is 0. The van der Waals surface area contributed by atoms with E-state index in [-0.39, 0.29) is 12.6 Å². The van der Waals surface area contributed by atoms with Crippen molar-refractivity contribution in [3.63, 3.8) is 0 Å². The second-order valence-electron chi connectivity index (χ2n) is 4.62. The van der Waals surface area contributed by atoms with Crippen molar-refractivity contribution >= 4 is 0 Å². The van der Waals surface area contributed by atoms with E-state index in [4.69, 9.17) is 9.47 Å². The Hall–Kier alpha value is -0.330. The molecule has 2 unspecified atom stereocenters. The van der Waals surface area contributed by atoms with E-state index in [0.717, 1.165) is 26.0 Å². The van der Waals surface area contributed by atoms with Gasteiger partial charge in [-0.2, -0.15) is 13.2 Å². The van der Waals surface area contributed by atoms with E-state index in [1.165, 1.54) is 0 Å². The van der Waals surface area contributed by atoms with Gasteiger partial charge in [0, 0.05) is 18.6 Å². The summed E-state index contributed by atoms with van der Waals surface area (Å²) in [5.74, 6) is 0.349. The van der Waals surface area contributed by atoms with Crippen LogP contribution in [0.2, 0.25) is 0 Å². The molecule has 0 aromatic rings. The van der Waals surface area contributed by atoms with Gasteiger partial charge in [0.2, 0.25) is 0 Å². The molecule has 0 aliphatic carbocycles. The van der Waals surface area contributed by atoms with Gasteiger partial charge in [-0.3, -0.25) is 0 Å². The van der Waals surface area contributed by atoms with Crippen LogP contribution in [0.4, 0.5) is 13.2 Å². The van der Waals surface area contributed by atoms with Gasteiger partial charge in [0.25, 0.3) is 0 Å². The first-order valence-corrected chi connectivity index (χ1v) is 6.48. The standard InChI is InChI=1S/C12H22F3NO2/c1-2-5-16-11(10-3-6-17-8-10)9-18-7-4-12(13,14)15/h10-11,16H,2-9H2,1H3. The Labute approximate surface area is 106 Å². The number of hydrogen-bond donors (Lipinski definition) is 1. The van der Waals surface area contributed by atoms with Gasteiger partial charge in [0.05, 0.1) is 26.2 Å². The molecule has 6 heteroatoms. The van der Waals surface area contributed by atoms with Crippen LogP contribution >= 0.6 is 0 Å². The maximum absolute atomic E-state index is 12.0. The molecule has 0 radical (unpaired) electrons. The largest absolute Gasteiger partial charge is 0.391 e. The Bertz CT molecular complexity index is 218. The van der Waals surface area contributed by atoms with Crippen LogP contribution < -0.4 is 5.32 Å². The van der Waals surface area contributed by atoms with Crippen molar-refractivity contribution in [1.29, 1.82) is 0 Å². The van der Waals surface area contributed by atoms with E-state index >= 15 is 0 Å². The van der Waals surface area contributed by atoms with Crippen LogP contribution in [0, 0.1) is 5.92 Å². The molecule has 1 saturated heterocycles. The lowest BCUT2D eigenvalue weighted by atomic mass is 9.99. The van der Waals surface area contributed by atoms with Crippen molar-refractivity contribution in [2.24, 2.45) is 5.92 Å². The Morgan fingerprint density at radius 3 is 2.78 bits per heavy atom. The van der Waals surface area contributed by atoms with Crippen molar-refractivity contribution in [3.05, 3.63) is 0 Å². The van der Waals surface area contributed by atoms with Crippen molar-refractivity contribution in [2.75, 3.05) is 33.0 Å². The average Bonchev–Trinajstić information content (AvgIpc) is 2.80. The number of rotatable bonds is 8. The minimum absolute atomic E-state index is 0.0979. The van der Waals surface area contributed by atoms with Crippen LogP contribution in [0.15, 0.2) is 0 Å². The number of nitrogens with one attached hydrogen (secondary N) is 1. The molecule has 0 aromatic carbocycles. The number of ether oxygens (including phenoxy) is 2. The molecule has 0 bridgehead atoms.